The van der Waals surface area contributed by atoms with E-state index >= 15 is 0 Å². The van der Waals surface area contributed by atoms with Crippen molar-refractivity contribution >= 4 is 23.6 Å². The van der Waals surface area contributed by atoms with Crippen LogP contribution in [0.2, 0.25) is 0 Å². The third kappa shape index (κ3) is 18.6. The highest BCUT2D eigenvalue weighted by atomic mass is 16.2. The second kappa shape index (κ2) is 24.7. The first kappa shape index (κ1) is 36.7. The molecule has 0 aliphatic heterocycles. The summed E-state index contributed by atoms with van der Waals surface area (Å²) in [6.45, 7) is 4.89. The number of unbranched alkanes of at least 4 members (excludes halogenated alkanes) is 3. The fraction of sp³-hybridized carbons (Fsp3) is 0.852. The quantitative estimate of drug-likeness (QED) is 0.0688. The van der Waals surface area contributed by atoms with E-state index in [4.69, 9.17) is 0 Å². The lowest BCUT2D eigenvalue weighted by molar-refractivity contribution is -0.130. The standard InChI is InChI=1S/C27H56N8O4/c1-6-32-24(36)16-20-34-26(38)23(35-27(39)22(31-5)14-8-11-18-29-3)15-9-12-19-33-25(37)21(30-4)13-7-10-17-28-2/h21-23,28-31H,6-20H2,1-5H3,(H,32,36)(H,33,37)(H,34,38)(H,35,39)/t21-,22-,23-/m0/s1. The zero-order valence-electron chi connectivity index (χ0n) is 25.0. The molecule has 8 N–H and O–H groups in total. The van der Waals surface area contributed by atoms with Crippen LogP contribution in [0.4, 0.5) is 0 Å². The summed E-state index contributed by atoms with van der Waals surface area (Å²) in [7, 11) is 7.35. The zero-order valence-corrected chi connectivity index (χ0v) is 25.0. The maximum atomic E-state index is 12.9. The molecule has 0 saturated heterocycles. The molecular weight excluding hydrogens is 500 g/mol. The van der Waals surface area contributed by atoms with Gasteiger partial charge in [0.25, 0.3) is 0 Å². The summed E-state index contributed by atoms with van der Waals surface area (Å²) in [5, 5.41) is 23.7. The smallest absolute Gasteiger partial charge is 0.242 e. The van der Waals surface area contributed by atoms with Crippen molar-refractivity contribution in [2.24, 2.45) is 0 Å². The van der Waals surface area contributed by atoms with Crippen molar-refractivity contribution in [3.8, 4) is 0 Å². The van der Waals surface area contributed by atoms with Gasteiger partial charge < -0.3 is 42.5 Å². The molecule has 39 heavy (non-hydrogen) atoms. The van der Waals surface area contributed by atoms with E-state index in [-0.39, 0.29) is 42.6 Å². The number of hydrogen-bond donors (Lipinski definition) is 8. The van der Waals surface area contributed by atoms with Gasteiger partial charge >= 0.3 is 0 Å². The van der Waals surface area contributed by atoms with Gasteiger partial charge in [0.1, 0.15) is 6.04 Å². The maximum Gasteiger partial charge on any atom is 0.242 e. The summed E-state index contributed by atoms with van der Waals surface area (Å²) in [5.74, 6) is -0.675. The SMILES string of the molecule is CCNC(=O)CCNC(=O)[C@H](CCCCNC(=O)[C@H](CCCCNC)NC)NC(=O)[C@H](CCCCNC)NC. The third-order valence-electron chi connectivity index (χ3n) is 6.55. The summed E-state index contributed by atoms with van der Waals surface area (Å²) in [4.78, 5) is 50.0. The second-order valence-electron chi connectivity index (χ2n) is 9.72. The summed E-state index contributed by atoms with van der Waals surface area (Å²) in [6.07, 6.45) is 7.20. The van der Waals surface area contributed by atoms with Crippen LogP contribution in [0.15, 0.2) is 0 Å². The highest BCUT2D eigenvalue weighted by Gasteiger charge is 2.24. The Morgan fingerprint density at radius 2 is 1.00 bits per heavy atom. The van der Waals surface area contributed by atoms with Crippen LogP contribution in [0.3, 0.4) is 0 Å². The van der Waals surface area contributed by atoms with Gasteiger partial charge in [-0.05, 0) is 93.1 Å². The first-order valence-corrected chi connectivity index (χ1v) is 14.6. The first-order valence-electron chi connectivity index (χ1n) is 14.6. The van der Waals surface area contributed by atoms with Crippen LogP contribution in [-0.4, -0.2) is 103 Å². The van der Waals surface area contributed by atoms with Gasteiger partial charge in [-0.1, -0.05) is 12.8 Å². The summed E-state index contributed by atoms with van der Waals surface area (Å²) >= 11 is 0. The molecule has 12 heteroatoms. The van der Waals surface area contributed by atoms with Crippen molar-refractivity contribution in [3.05, 3.63) is 0 Å². The molecule has 0 aliphatic carbocycles. The van der Waals surface area contributed by atoms with E-state index in [1.807, 2.05) is 21.0 Å². The van der Waals surface area contributed by atoms with E-state index in [0.717, 1.165) is 45.2 Å². The lowest BCUT2D eigenvalue weighted by atomic mass is 10.1. The largest absolute Gasteiger partial charge is 0.356 e. The van der Waals surface area contributed by atoms with Crippen LogP contribution in [0, 0.1) is 0 Å². The van der Waals surface area contributed by atoms with Crippen LogP contribution in [0.1, 0.15) is 71.1 Å². The van der Waals surface area contributed by atoms with Crippen LogP contribution in [0.25, 0.3) is 0 Å². The number of carbonyl (C=O) groups excluding carboxylic acids is 4. The number of likely N-dealkylation sites (N-methyl/N-ethyl adjacent to an activating group) is 2. The van der Waals surface area contributed by atoms with E-state index in [1.54, 1.807) is 14.1 Å². The van der Waals surface area contributed by atoms with Gasteiger partial charge in [0.15, 0.2) is 0 Å². The van der Waals surface area contributed by atoms with Crippen molar-refractivity contribution in [1.29, 1.82) is 0 Å². The average molecular weight is 557 g/mol. The van der Waals surface area contributed by atoms with Crippen LogP contribution in [-0.2, 0) is 19.2 Å². The van der Waals surface area contributed by atoms with Crippen LogP contribution >= 0.6 is 0 Å². The van der Waals surface area contributed by atoms with Gasteiger partial charge in [0, 0.05) is 26.1 Å². The van der Waals surface area contributed by atoms with Crippen molar-refractivity contribution in [2.45, 2.75) is 89.3 Å². The summed E-state index contributed by atoms with van der Waals surface area (Å²) < 4.78 is 0. The van der Waals surface area contributed by atoms with Crippen molar-refractivity contribution in [1.82, 2.24) is 42.5 Å². The highest BCUT2D eigenvalue weighted by molar-refractivity contribution is 5.90. The third-order valence-corrected chi connectivity index (χ3v) is 6.55. The summed E-state index contributed by atoms with van der Waals surface area (Å²) in [5.41, 5.74) is 0. The Morgan fingerprint density at radius 1 is 0.538 bits per heavy atom. The lowest BCUT2D eigenvalue weighted by Gasteiger charge is -2.22. The molecule has 0 aliphatic rings. The normalized spacial score (nSPS) is 13.3. The van der Waals surface area contributed by atoms with Crippen molar-refractivity contribution in [3.63, 3.8) is 0 Å². The lowest BCUT2D eigenvalue weighted by Crippen LogP contribution is -2.52. The molecule has 4 amide bonds. The zero-order chi connectivity index (χ0) is 29.3. The maximum absolute atomic E-state index is 12.9. The molecule has 3 atom stereocenters. The van der Waals surface area contributed by atoms with E-state index in [9.17, 15) is 19.2 Å². The van der Waals surface area contributed by atoms with Gasteiger partial charge in [-0.25, -0.2) is 0 Å². The van der Waals surface area contributed by atoms with Gasteiger partial charge in [0.05, 0.1) is 12.1 Å². The predicted octanol–water partition coefficient (Wildman–Crippen LogP) is -0.644. The molecule has 0 saturated carbocycles. The minimum absolute atomic E-state index is 0.0231. The number of hydrogen-bond acceptors (Lipinski definition) is 8. The minimum Gasteiger partial charge on any atom is -0.356 e. The molecule has 0 spiro atoms. The average Bonchev–Trinajstić information content (AvgIpc) is 2.92. The van der Waals surface area contributed by atoms with Crippen LogP contribution in [0.5, 0.6) is 0 Å². The molecule has 0 aromatic heterocycles. The predicted molar refractivity (Wildman–Crippen MR) is 156 cm³/mol. The van der Waals surface area contributed by atoms with Gasteiger partial charge in [0.2, 0.25) is 23.6 Å². The molecule has 0 heterocycles. The second-order valence-corrected chi connectivity index (χ2v) is 9.72. The molecule has 228 valence electrons. The van der Waals surface area contributed by atoms with Gasteiger partial charge in [-0.2, -0.15) is 0 Å². The van der Waals surface area contributed by atoms with Gasteiger partial charge in [-0.15, -0.1) is 0 Å². The van der Waals surface area contributed by atoms with E-state index in [1.165, 1.54) is 0 Å². The van der Waals surface area contributed by atoms with Crippen LogP contribution < -0.4 is 42.5 Å². The topological polar surface area (TPSA) is 165 Å². The fourth-order valence-corrected chi connectivity index (χ4v) is 4.17. The molecule has 0 bridgehead atoms. The Balaban J connectivity index is 4.82. The Labute approximate surface area is 235 Å². The Hall–Kier alpha value is -2.28. The number of amides is 4. The molecule has 12 nitrogen and oxygen atoms in total. The number of rotatable bonds is 25. The number of carbonyl (C=O) groups is 4. The van der Waals surface area contributed by atoms with E-state index in [0.29, 0.717) is 38.8 Å². The highest BCUT2D eigenvalue weighted by Crippen LogP contribution is 2.06. The molecule has 0 rings (SSSR count). The van der Waals surface area contributed by atoms with Crippen molar-refractivity contribution < 1.29 is 19.2 Å². The molecular formula is C27H56N8O4. The molecule has 0 radical (unpaired) electrons. The molecule has 0 unspecified atom stereocenters. The minimum atomic E-state index is -0.715. The fourth-order valence-electron chi connectivity index (χ4n) is 4.17. The Bertz CT molecular complexity index is 680. The molecule has 0 aromatic carbocycles. The van der Waals surface area contributed by atoms with Crippen molar-refractivity contribution in [2.75, 3.05) is 60.9 Å². The van der Waals surface area contributed by atoms with E-state index in [2.05, 4.69) is 42.5 Å². The monoisotopic (exact) mass is 556 g/mol. The first-order chi connectivity index (χ1) is 18.8. The Morgan fingerprint density at radius 3 is 1.51 bits per heavy atom. The van der Waals surface area contributed by atoms with E-state index < -0.39 is 12.1 Å². The molecule has 0 fully saturated rings. The summed E-state index contributed by atoms with van der Waals surface area (Å²) in [6, 6.07) is -1.33. The Kier molecular flexibility index (Phi) is 23.3. The molecule has 0 aromatic rings. The van der Waals surface area contributed by atoms with Gasteiger partial charge in [-0.3, -0.25) is 19.2 Å². The number of nitrogens with one attached hydrogen (secondary N) is 8.